The molecule has 1 amide bonds. The number of anilines is 1. The van der Waals surface area contributed by atoms with Gasteiger partial charge in [-0.1, -0.05) is 0 Å². The van der Waals surface area contributed by atoms with Crippen molar-refractivity contribution in [2.24, 2.45) is 0 Å². The lowest BCUT2D eigenvalue weighted by Gasteiger charge is -2.10. The SMILES string of the molecule is COc1c(F)cc(F)cc1-c1ccc2nc(NC(=O)Cn3cnnn3)nn2c1. The molecule has 10 nitrogen and oxygen atoms in total. The lowest BCUT2D eigenvalue weighted by atomic mass is 10.1. The molecule has 142 valence electrons. The fourth-order valence-electron chi connectivity index (χ4n) is 2.64. The van der Waals surface area contributed by atoms with Gasteiger partial charge in [-0.3, -0.25) is 10.1 Å². The van der Waals surface area contributed by atoms with Gasteiger partial charge in [0.25, 0.3) is 0 Å². The number of rotatable bonds is 5. The minimum absolute atomic E-state index is 0.0626. The molecule has 0 bridgehead atoms. The van der Waals surface area contributed by atoms with Gasteiger partial charge in [-0.25, -0.2) is 18.0 Å². The van der Waals surface area contributed by atoms with Crippen LogP contribution in [-0.2, 0) is 11.3 Å². The highest BCUT2D eigenvalue weighted by Gasteiger charge is 2.15. The van der Waals surface area contributed by atoms with Gasteiger partial charge in [0, 0.05) is 23.4 Å². The summed E-state index contributed by atoms with van der Waals surface area (Å²) in [6.07, 6.45) is 2.82. The van der Waals surface area contributed by atoms with Gasteiger partial charge < -0.3 is 4.74 Å². The first-order chi connectivity index (χ1) is 13.5. The number of hydrogen-bond acceptors (Lipinski definition) is 7. The van der Waals surface area contributed by atoms with E-state index in [1.807, 2.05) is 0 Å². The largest absolute Gasteiger partial charge is 0.493 e. The van der Waals surface area contributed by atoms with E-state index in [2.05, 4.69) is 30.9 Å². The van der Waals surface area contributed by atoms with E-state index in [0.29, 0.717) is 11.2 Å². The zero-order valence-electron chi connectivity index (χ0n) is 14.4. The predicted octanol–water partition coefficient (Wildman–Crippen LogP) is 1.31. The molecule has 0 aliphatic carbocycles. The van der Waals surface area contributed by atoms with E-state index in [1.54, 1.807) is 12.1 Å². The van der Waals surface area contributed by atoms with E-state index in [1.165, 1.54) is 28.8 Å². The van der Waals surface area contributed by atoms with Gasteiger partial charge in [-0.15, -0.1) is 10.2 Å². The molecular formula is C16H12F2N8O2. The van der Waals surface area contributed by atoms with Crippen LogP contribution in [0.4, 0.5) is 14.7 Å². The number of ether oxygens (including phenoxy) is 1. The molecule has 3 heterocycles. The molecule has 0 atom stereocenters. The van der Waals surface area contributed by atoms with Crippen LogP contribution in [0.3, 0.4) is 0 Å². The van der Waals surface area contributed by atoms with E-state index < -0.39 is 17.5 Å². The van der Waals surface area contributed by atoms with Crippen molar-refractivity contribution in [1.29, 1.82) is 0 Å². The first-order valence-corrected chi connectivity index (χ1v) is 7.94. The van der Waals surface area contributed by atoms with Crippen LogP contribution in [0.5, 0.6) is 5.75 Å². The Kier molecular flexibility index (Phi) is 4.35. The van der Waals surface area contributed by atoms with E-state index in [-0.39, 0.29) is 23.8 Å². The van der Waals surface area contributed by atoms with Crippen molar-refractivity contribution in [3.8, 4) is 16.9 Å². The highest BCUT2D eigenvalue weighted by Crippen LogP contribution is 2.33. The van der Waals surface area contributed by atoms with Gasteiger partial charge >= 0.3 is 0 Å². The second kappa shape index (κ2) is 6.98. The number of pyridine rings is 1. The van der Waals surface area contributed by atoms with Crippen LogP contribution in [0.1, 0.15) is 0 Å². The Bertz CT molecular complexity index is 1160. The number of amides is 1. The average molecular weight is 386 g/mol. The summed E-state index contributed by atoms with van der Waals surface area (Å²) in [7, 11) is 1.30. The lowest BCUT2D eigenvalue weighted by Crippen LogP contribution is -2.19. The Labute approximate surface area is 155 Å². The first kappa shape index (κ1) is 17.5. The van der Waals surface area contributed by atoms with E-state index >= 15 is 0 Å². The Morgan fingerprint density at radius 2 is 2.14 bits per heavy atom. The highest BCUT2D eigenvalue weighted by molar-refractivity contribution is 5.88. The maximum absolute atomic E-state index is 14.0. The molecule has 0 saturated carbocycles. The fourth-order valence-corrected chi connectivity index (χ4v) is 2.64. The maximum atomic E-state index is 14.0. The van der Waals surface area contributed by atoms with Gasteiger partial charge in [0.15, 0.2) is 17.2 Å². The number of carbonyl (C=O) groups is 1. The third kappa shape index (κ3) is 3.34. The fraction of sp³-hybridized carbons (Fsp3) is 0.125. The van der Waals surface area contributed by atoms with Crippen LogP contribution < -0.4 is 10.1 Å². The molecular weight excluding hydrogens is 374 g/mol. The number of nitrogens with zero attached hydrogens (tertiary/aromatic N) is 7. The summed E-state index contributed by atoms with van der Waals surface area (Å²) < 4.78 is 35.3. The summed E-state index contributed by atoms with van der Waals surface area (Å²) in [4.78, 5) is 16.2. The average Bonchev–Trinajstić information content (AvgIpc) is 3.29. The van der Waals surface area contributed by atoms with Crippen LogP contribution in [0.2, 0.25) is 0 Å². The predicted molar refractivity (Wildman–Crippen MR) is 91.3 cm³/mol. The minimum Gasteiger partial charge on any atom is -0.493 e. The van der Waals surface area contributed by atoms with Crippen LogP contribution in [0.15, 0.2) is 36.8 Å². The molecule has 4 aromatic rings. The van der Waals surface area contributed by atoms with Gasteiger partial charge in [-0.2, -0.15) is 4.98 Å². The molecule has 0 spiro atoms. The van der Waals surface area contributed by atoms with Gasteiger partial charge in [0.1, 0.15) is 18.7 Å². The number of hydrogen-bond donors (Lipinski definition) is 1. The molecule has 28 heavy (non-hydrogen) atoms. The molecule has 0 fully saturated rings. The zero-order valence-corrected chi connectivity index (χ0v) is 14.4. The van der Waals surface area contributed by atoms with E-state index in [9.17, 15) is 13.6 Å². The van der Waals surface area contributed by atoms with Crippen molar-refractivity contribution in [2.45, 2.75) is 6.54 Å². The topological polar surface area (TPSA) is 112 Å². The van der Waals surface area contributed by atoms with E-state index in [0.717, 1.165) is 12.1 Å². The number of tetrazole rings is 1. The molecule has 0 saturated heterocycles. The summed E-state index contributed by atoms with van der Waals surface area (Å²) >= 11 is 0. The van der Waals surface area contributed by atoms with Gasteiger partial charge in [0.2, 0.25) is 11.9 Å². The third-order valence-corrected chi connectivity index (χ3v) is 3.80. The van der Waals surface area contributed by atoms with Crippen LogP contribution in [0, 0.1) is 11.6 Å². The maximum Gasteiger partial charge on any atom is 0.249 e. The molecule has 3 aromatic heterocycles. The molecule has 0 aliphatic heterocycles. The van der Waals surface area contributed by atoms with Crippen LogP contribution in [-0.4, -0.2) is 47.8 Å². The Morgan fingerprint density at radius 3 is 2.89 bits per heavy atom. The smallest absolute Gasteiger partial charge is 0.249 e. The summed E-state index contributed by atoms with van der Waals surface area (Å²) in [5, 5.41) is 17.1. The van der Waals surface area contributed by atoms with Crippen molar-refractivity contribution in [3.63, 3.8) is 0 Å². The zero-order chi connectivity index (χ0) is 19.7. The Hall–Kier alpha value is -3.96. The number of fused-ring (bicyclic) bond motifs is 1. The van der Waals surface area contributed by atoms with Gasteiger partial charge in [-0.05, 0) is 28.6 Å². The minimum atomic E-state index is -0.813. The monoisotopic (exact) mass is 386 g/mol. The second-order valence-electron chi connectivity index (χ2n) is 5.68. The summed E-state index contributed by atoms with van der Waals surface area (Å²) in [6.45, 7) is -0.104. The number of benzene rings is 1. The molecule has 4 rings (SSSR count). The Morgan fingerprint density at radius 1 is 1.29 bits per heavy atom. The summed E-state index contributed by atoms with van der Waals surface area (Å²) in [6, 6.07) is 5.12. The van der Waals surface area contributed by atoms with E-state index in [4.69, 9.17) is 4.74 Å². The second-order valence-corrected chi connectivity index (χ2v) is 5.68. The van der Waals surface area contributed by atoms with Crippen molar-refractivity contribution >= 4 is 17.5 Å². The van der Waals surface area contributed by atoms with Crippen molar-refractivity contribution in [2.75, 3.05) is 12.4 Å². The molecule has 0 aliphatic rings. The van der Waals surface area contributed by atoms with Crippen molar-refractivity contribution < 1.29 is 18.3 Å². The third-order valence-electron chi connectivity index (χ3n) is 3.80. The number of methoxy groups -OCH3 is 1. The Balaban J connectivity index is 1.63. The van der Waals surface area contributed by atoms with Gasteiger partial charge in [0.05, 0.1) is 7.11 Å². The molecule has 1 N–H and O–H groups in total. The lowest BCUT2D eigenvalue weighted by molar-refractivity contribution is -0.117. The van der Waals surface area contributed by atoms with Crippen LogP contribution >= 0.6 is 0 Å². The van der Waals surface area contributed by atoms with Crippen molar-refractivity contribution in [3.05, 3.63) is 48.4 Å². The molecule has 0 unspecified atom stereocenters. The first-order valence-electron chi connectivity index (χ1n) is 7.94. The standard InChI is InChI=1S/C16H12F2N8O2/c1-28-15-11(4-10(17)5-12(15)18)9-2-3-13-20-16(22-26(13)6-9)21-14(27)7-25-8-19-23-24-25/h2-6,8H,7H2,1H3,(H,21,22,27). The number of nitrogens with one attached hydrogen (secondary N) is 1. The quantitative estimate of drug-likeness (QED) is 0.550. The number of carbonyl (C=O) groups excluding carboxylic acids is 1. The summed E-state index contributed by atoms with van der Waals surface area (Å²) in [5.41, 5.74) is 1.11. The summed E-state index contributed by atoms with van der Waals surface area (Å²) in [5.74, 6) is -1.99. The van der Waals surface area contributed by atoms with Crippen molar-refractivity contribution in [1.82, 2.24) is 34.8 Å². The number of aromatic nitrogens is 7. The molecule has 0 radical (unpaired) electrons. The number of halogens is 2. The highest BCUT2D eigenvalue weighted by atomic mass is 19.1. The molecule has 12 heteroatoms. The normalized spacial score (nSPS) is 11.0. The van der Waals surface area contributed by atoms with Crippen LogP contribution in [0.25, 0.3) is 16.8 Å². The molecule has 1 aromatic carbocycles.